The summed E-state index contributed by atoms with van der Waals surface area (Å²) < 4.78 is 28.2. The average molecular weight is 415 g/mol. The molecule has 0 radical (unpaired) electrons. The van der Waals surface area contributed by atoms with Crippen LogP contribution in [-0.2, 0) is 14.8 Å². The summed E-state index contributed by atoms with van der Waals surface area (Å²) in [6, 6.07) is 9.60. The molecule has 1 aliphatic rings. The maximum Gasteiger partial charge on any atom is 0.243 e. The number of amides is 1. The van der Waals surface area contributed by atoms with Gasteiger partial charge in [-0.15, -0.1) is 0 Å². The van der Waals surface area contributed by atoms with Crippen LogP contribution in [0, 0.1) is 40.5 Å². The minimum absolute atomic E-state index is 0.115. The number of rotatable bonds is 4. The monoisotopic (exact) mass is 414 g/mol. The fourth-order valence-corrected chi connectivity index (χ4v) is 6.13. The van der Waals surface area contributed by atoms with Crippen LogP contribution in [-0.4, -0.2) is 31.7 Å². The lowest BCUT2D eigenvalue weighted by molar-refractivity contribution is -0.120. The molecule has 6 heteroatoms. The predicted octanol–water partition coefficient (Wildman–Crippen LogP) is 4.27. The Balaban J connectivity index is 1.81. The zero-order chi connectivity index (χ0) is 21.3. The third kappa shape index (κ3) is 4.38. The molecule has 1 atom stereocenters. The first-order valence-corrected chi connectivity index (χ1v) is 11.5. The lowest BCUT2D eigenvalue weighted by atomic mass is 9.98. The van der Waals surface area contributed by atoms with Gasteiger partial charge in [0.2, 0.25) is 15.9 Å². The number of nitrogens with zero attached hydrogens (tertiary/aromatic N) is 1. The van der Waals surface area contributed by atoms with Crippen LogP contribution in [0.1, 0.15) is 40.7 Å². The summed E-state index contributed by atoms with van der Waals surface area (Å²) in [6.45, 7) is 10.3. The average Bonchev–Trinajstić information content (AvgIpc) is 2.64. The minimum Gasteiger partial charge on any atom is -0.326 e. The molecule has 156 valence electrons. The fraction of sp³-hybridized carbons (Fsp3) is 0.435. The van der Waals surface area contributed by atoms with Crippen LogP contribution in [0.4, 0.5) is 5.69 Å². The van der Waals surface area contributed by atoms with Crippen molar-refractivity contribution in [1.82, 2.24) is 4.31 Å². The highest BCUT2D eigenvalue weighted by Gasteiger charge is 2.35. The first kappa shape index (κ1) is 21.5. The normalized spacial score (nSPS) is 17.9. The molecule has 29 heavy (non-hydrogen) atoms. The smallest absolute Gasteiger partial charge is 0.243 e. The molecular formula is C23H30N2O3S. The number of anilines is 1. The molecule has 0 saturated carbocycles. The Morgan fingerprint density at radius 2 is 1.69 bits per heavy atom. The highest BCUT2D eigenvalue weighted by Crippen LogP contribution is 2.29. The van der Waals surface area contributed by atoms with E-state index in [9.17, 15) is 13.2 Å². The number of carbonyl (C=O) groups is 1. The van der Waals surface area contributed by atoms with Crippen LogP contribution in [0.15, 0.2) is 35.2 Å². The Morgan fingerprint density at radius 3 is 2.34 bits per heavy atom. The lowest BCUT2D eigenvalue weighted by Crippen LogP contribution is -2.44. The van der Waals surface area contributed by atoms with E-state index in [1.807, 2.05) is 65.0 Å². The van der Waals surface area contributed by atoms with Crippen molar-refractivity contribution in [2.75, 3.05) is 18.4 Å². The van der Waals surface area contributed by atoms with E-state index in [0.29, 0.717) is 24.3 Å². The van der Waals surface area contributed by atoms with Gasteiger partial charge in [0.05, 0.1) is 10.8 Å². The molecule has 2 aromatic rings. The molecule has 3 rings (SSSR count). The molecule has 1 saturated heterocycles. The van der Waals surface area contributed by atoms with E-state index < -0.39 is 10.0 Å². The summed E-state index contributed by atoms with van der Waals surface area (Å²) in [7, 11) is -3.64. The number of nitrogens with one attached hydrogen (secondary N) is 1. The molecule has 0 bridgehead atoms. The fourth-order valence-electron chi connectivity index (χ4n) is 4.20. The van der Waals surface area contributed by atoms with E-state index in [1.54, 1.807) is 0 Å². The number of sulfonamides is 1. The van der Waals surface area contributed by atoms with E-state index in [2.05, 4.69) is 5.32 Å². The molecule has 0 aromatic heterocycles. The number of hydrogen-bond acceptors (Lipinski definition) is 3. The van der Waals surface area contributed by atoms with Crippen LogP contribution in [0.25, 0.3) is 0 Å². The molecule has 1 fully saturated rings. The Morgan fingerprint density at radius 1 is 1.03 bits per heavy atom. The first-order valence-electron chi connectivity index (χ1n) is 10.1. The second kappa shape index (κ2) is 8.28. The summed E-state index contributed by atoms with van der Waals surface area (Å²) in [5.74, 6) is -0.472. The van der Waals surface area contributed by atoms with Gasteiger partial charge in [0.25, 0.3) is 0 Å². The Kier molecular flexibility index (Phi) is 6.15. The molecular weight excluding hydrogens is 384 g/mol. The molecule has 0 unspecified atom stereocenters. The summed E-state index contributed by atoms with van der Waals surface area (Å²) in [4.78, 5) is 13.3. The van der Waals surface area contributed by atoms with Crippen LogP contribution >= 0.6 is 0 Å². The maximum atomic E-state index is 13.4. The van der Waals surface area contributed by atoms with Crippen molar-refractivity contribution in [2.24, 2.45) is 5.92 Å². The van der Waals surface area contributed by atoms with Gasteiger partial charge < -0.3 is 5.32 Å². The number of benzene rings is 2. The zero-order valence-corrected chi connectivity index (χ0v) is 18.7. The summed E-state index contributed by atoms with van der Waals surface area (Å²) in [5, 5.41) is 3.00. The van der Waals surface area contributed by atoms with Gasteiger partial charge in [0, 0.05) is 18.8 Å². The van der Waals surface area contributed by atoms with Crippen LogP contribution in [0.2, 0.25) is 0 Å². The first-order chi connectivity index (χ1) is 13.6. The summed E-state index contributed by atoms with van der Waals surface area (Å²) in [5.41, 5.74) is 5.49. The third-order valence-corrected chi connectivity index (χ3v) is 7.99. The summed E-state index contributed by atoms with van der Waals surface area (Å²) in [6.07, 6.45) is 1.36. The van der Waals surface area contributed by atoms with Crippen molar-refractivity contribution < 1.29 is 13.2 Å². The van der Waals surface area contributed by atoms with Gasteiger partial charge >= 0.3 is 0 Å². The van der Waals surface area contributed by atoms with Crippen LogP contribution in [0.3, 0.4) is 0 Å². The van der Waals surface area contributed by atoms with E-state index in [4.69, 9.17) is 0 Å². The highest BCUT2D eigenvalue weighted by molar-refractivity contribution is 7.89. The van der Waals surface area contributed by atoms with Gasteiger partial charge in [0.1, 0.15) is 0 Å². The highest BCUT2D eigenvalue weighted by atomic mass is 32.2. The zero-order valence-electron chi connectivity index (χ0n) is 17.9. The van der Waals surface area contributed by atoms with Gasteiger partial charge in [-0.2, -0.15) is 4.31 Å². The summed E-state index contributed by atoms with van der Waals surface area (Å²) >= 11 is 0. The van der Waals surface area contributed by atoms with Crippen molar-refractivity contribution in [1.29, 1.82) is 0 Å². The second-order valence-electron chi connectivity index (χ2n) is 8.17. The van der Waals surface area contributed by atoms with Gasteiger partial charge in [-0.1, -0.05) is 29.8 Å². The topological polar surface area (TPSA) is 66.5 Å². The largest absolute Gasteiger partial charge is 0.326 e. The van der Waals surface area contributed by atoms with Crippen molar-refractivity contribution in [3.8, 4) is 0 Å². The maximum absolute atomic E-state index is 13.4. The number of carbonyl (C=O) groups excluding carboxylic acids is 1. The van der Waals surface area contributed by atoms with Crippen molar-refractivity contribution in [3.63, 3.8) is 0 Å². The van der Waals surface area contributed by atoms with Gasteiger partial charge in [-0.3, -0.25) is 4.79 Å². The quantitative estimate of drug-likeness (QED) is 0.812. The van der Waals surface area contributed by atoms with Crippen LogP contribution in [0.5, 0.6) is 0 Å². The molecule has 2 aromatic carbocycles. The van der Waals surface area contributed by atoms with E-state index >= 15 is 0 Å². The molecule has 1 amide bonds. The molecule has 1 heterocycles. The molecule has 1 N–H and O–H groups in total. The van der Waals surface area contributed by atoms with E-state index in [-0.39, 0.29) is 18.4 Å². The number of piperidine rings is 1. The predicted molar refractivity (Wildman–Crippen MR) is 117 cm³/mol. The molecule has 0 aliphatic carbocycles. The number of hydrogen-bond donors (Lipinski definition) is 1. The Labute approximate surface area is 174 Å². The van der Waals surface area contributed by atoms with Crippen molar-refractivity contribution in [2.45, 2.75) is 52.4 Å². The minimum atomic E-state index is -3.64. The standard InChI is InChI=1S/C23H30N2O3S/c1-15-12-17(3)22(18(4)13-15)29(27,28)25-11-7-9-20(14-25)23(26)24-21-10-6-8-16(2)19(21)5/h6,8,10,12-13,20H,7,9,11,14H2,1-5H3,(H,24,26)/t20-/m1/s1. The number of aryl methyl sites for hydroxylation is 4. The van der Waals surface area contributed by atoms with Crippen molar-refractivity contribution in [3.05, 3.63) is 58.1 Å². The van der Waals surface area contributed by atoms with Crippen LogP contribution < -0.4 is 5.32 Å². The van der Waals surface area contributed by atoms with Crippen molar-refractivity contribution >= 4 is 21.6 Å². The Hall–Kier alpha value is -2.18. The third-order valence-electron chi connectivity index (χ3n) is 5.82. The van der Waals surface area contributed by atoms with Gasteiger partial charge in [-0.25, -0.2) is 8.42 Å². The molecule has 5 nitrogen and oxygen atoms in total. The Bertz CT molecular complexity index is 1020. The van der Waals surface area contributed by atoms with Gasteiger partial charge in [0.15, 0.2) is 0 Å². The second-order valence-corrected chi connectivity index (χ2v) is 10.0. The SMILES string of the molecule is Cc1cc(C)c(S(=O)(=O)N2CCC[C@@H](C(=O)Nc3cccc(C)c3C)C2)c(C)c1. The lowest BCUT2D eigenvalue weighted by Gasteiger charge is -2.32. The van der Waals surface area contributed by atoms with E-state index in [0.717, 1.165) is 33.5 Å². The molecule has 1 aliphatic heterocycles. The molecule has 0 spiro atoms. The van der Waals surface area contributed by atoms with Gasteiger partial charge in [-0.05, 0) is 75.8 Å². The van der Waals surface area contributed by atoms with E-state index in [1.165, 1.54) is 4.31 Å².